The number of aromatic nitrogens is 3. The molecule has 0 radical (unpaired) electrons. The molecule has 0 saturated carbocycles. The molecule has 158 valence electrons. The lowest BCUT2D eigenvalue weighted by Gasteiger charge is -2.36. The van der Waals surface area contributed by atoms with Gasteiger partial charge in [-0.3, -0.25) is 4.79 Å². The van der Waals surface area contributed by atoms with Crippen LogP contribution in [0.4, 0.5) is 29.1 Å². The third kappa shape index (κ3) is 3.74. The summed E-state index contributed by atoms with van der Waals surface area (Å²) in [6, 6.07) is 3.26. The molecule has 3 aromatic heterocycles. The second-order valence-electron chi connectivity index (χ2n) is 7.06. The number of rotatable bonds is 4. The van der Waals surface area contributed by atoms with Crippen LogP contribution in [0, 0.1) is 0 Å². The molecule has 0 aromatic carbocycles. The highest BCUT2D eigenvalue weighted by molar-refractivity contribution is 6.06. The van der Waals surface area contributed by atoms with Gasteiger partial charge in [0.2, 0.25) is 0 Å². The van der Waals surface area contributed by atoms with Crippen molar-refractivity contribution in [2.75, 3.05) is 23.3 Å². The van der Waals surface area contributed by atoms with Gasteiger partial charge in [0.15, 0.2) is 0 Å². The molecule has 1 aliphatic heterocycles. The number of fused-ring (bicyclic) bond motifs is 1. The Morgan fingerprint density at radius 1 is 1.23 bits per heavy atom. The van der Waals surface area contributed by atoms with E-state index in [0.29, 0.717) is 29.7 Å². The first-order chi connectivity index (χ1) is 14.2. The number of pyridine rings is 2. The van der Waals surface area contributed by atoms with Crippen molar-refractivity contribution in [3.63, 3.8) is 0 Å². The molecular weight excluding hydrogens is 404 g/mol. The molecule has 30 heavy (non-hydrogen) atoms. The molecule has 1 saturated heterocycles. The van der Waals surface area contributed by atoms with Gasteiger partial charge in [0.1, 0.15) is 17.6 Å². The number of nitrogens with two attached hydrogens (primary N) is 1. The Hall–Kier alpha value is -3.37. The first kappa shape index (κ1) is 19.9. The smallest absolute Gasteiger partial charge is 0.378 e. The highest BCUT2D eigenvalue weighted by atomic mass is 19.4. The average Bonchev–Trinajstić information content (AvgIpc) is 3.18. The Morgan fingerprint density at radius 2 is 2.03 bits per heavy atom. The number of amides is 1. The highest BCUT2D eigenvalue weighted by Crippen LogP contribution is 2.31. The fraction of sp³-hybridized carbons (Fsp3) is 0.316. The molecule has 4 heterocycles. The van der Waals surface area contributed by atoms with E-state index >= 15 is 0 Å². The number of aromatic amines is 1. The summed E-state index contributed by atoms with van der Waals surface area (Å²) in [5, 5.41) is 3.70. The van der Waals surface area contributed by atoms with Gasteiger partial charge in [-0.05, 0) is 24.6 Å². The zero-order chi connectivity index (χ0) is 21.5. The summed E-state index contributed by atoms with van der Waals surface area (Å²) >= 11 is 0. The summed E-state index contributed by atoms with van der Waals surface area (Å²) in [6.45, 7) is 0.326. The van der Waals surface area contributed by atoms with E-state index in [9.17, 15) is 22.4 Å². The van der Waals surface area contributed by atoms with Crippen LogP contribution in [0.5, 0.6) is 0 Å². The van der Waals surface area contributed by atoms with E-state index in [0.717, 1.165) is 12.3 Å². The summed E-state index contributed by atoms with van der Waals surface area (Å²) in [4.78, 5) is 24.3. The van der Waals surface area contributed by atoms with Gasteiger partial charge in [0.25, 0.3) is 5.91 Å². The molecule has 2 atom stereocenters. The number of alkyl halides is 4. The van der Waals surface area contributed by atoms with Crippen molar-refractivity contribution >= 4 is 28.4 Å². The van der Waals surface area contributed by atoms with Gasteiger partial charge < -0.3 is 20.9 Å². The zero-order valence-corrected chi connectivity index (χ0v) is 15.6. The lowest BCUT2D eigenvalue weighted by molar-refractivity contribution is -0.137. The number of carbonyl (C=O) groups is 1. The summed E-state index contributed by atoms with van der Waals surface area (Å²) in [5.41, 5.74) is 5.67. The first-order valence-electron chi connectivity index (χ1n) is 9.18. The van der Waals surface area contributed by atoms with Crippen LogP contribution < -0.4 is 16.0 Å². The predicted octanol–water partition coefficient (Wildman–Crippen LogP) is 3.10. The minimum Gasteiger partial charge on any atom is -0.378 e. The molecule has 1 amide bonds. The van der Waals surface area contributed by atoms with Gasteiger partial charge in [0, 0.05) is 30.5 Å². The Balaban J connectivity index is 1.51. The number of nitrogens with one attached hydrogen (secondary N) is 2. The van der Waals surface area contributed by atoms with Gasteiger partial charge in [-0.25, -0.2) is 14.4 Å². The average molecular weight is 422 g/mol. The number of primary amides is 1. The predicted molar refractivity (Wildman–Crippen MR) is 103 cm³/mol. The van der Waals surface area contributed by atoms with E-state index in [-0.39, 0.29) is 17.9 Å². The van der Waals surface area contributed by atoms with Crippen LogP contribution in [0.3, 0.4) is 0 Å². The number of anilines is 2. The molecular formula is C19H18F4N6O. The summed E-state index contributed by atoms with van der Waals surface area (Å²) in [6.07, 6.45) is -1.76. The number of carbonyl (C=O) groups excluding carboxylic acids is 1. The number of nitrogens with zero attached hydrogens (tertiary/aromatic N) is 3. The lowest BCUT2D eigenvalue weighted by Crippen LogP contribution is -2.48. The van der Waals surface area contributed by atoms with Crippen molar-refractivity contribution in [2.24, 2.45) is 5.73 Å². The Kier molecular flexibility index (Phi) is 4.96. The Bertz CT molecular complexity index is 1070. The number of hydrogen-bond acceptors (Lipinski definition) is 5. The SMILES string of the molecule is NC(=O)c1cnc2[nH]ccc2c1NC1CCN(c2ccc(C(F)(F)F)cn2)C[C@@H]1F. The minimum atomic E-state index is -4.47. The van der Waals surface area contributed by atoms with Crippen molar-refractivity contribution in [1.82, 2.24) is 15.0 Å². The molecule has 0 bridgehead atoms. The van der Waals surface area contributed by atoms with Crippen LogP contribution in [0.1, 0.15) is 22.3 Å². The number of hydrogen-bond donors (Lipinski definition) is 3. The summed E-state index contributed by atoms with van der Waals surface area (Å²) in [7, 11) is 0. The van der Waals surface area contributed by atoms with E-state index < -0.39 is 29.9 Å². The maximum absolute atomic E-state index is 14.9. The molecule has 11 heteroatoms. The number of halogens is 4. The Morgan fingerprint density at radius 3 is 2.67 bits per heavy atom. The molecule has 1 aliphatic rings. The topological polar surface area (TPSA) is 99.9 Å². The largest absolute Gasteiger partial charge is 0.417 e. The molecule has 1 unspecified atom stereocenters. The van der Waals surface area contributed by atoms with Crippen molar-refractivity contribution in [2.45, 2.75) is 24.8 Å². The molecule has 0 aliphatic carbocycles. The van der Waals surface area contributed by atoms with Crippen LogP contribution >= 0.6 is 0 Å². The van der Waals surface area contributed by atoms with Crippen LogP contribution in [-0.4, -0.2) is 46.2 Å². The maximum Gasteiger partial charge on any atom is 0.417 e. The monoisotopic (exact) mass is 422 g/mol. The summed E-state index contributed by atoms with van der Waals surface area (Å²) < 4.78 is 53.0. The lowest BCUT2D eigenvalue weighted by atomic mass is 10.0. The highest BCUT2D eigenvalue weighted by Gasteiger charge is 2.33. The van der Waals surface area contributed by atoms with E-state index in [2.05, 4.69) is 20.3 Å². The van der Waals surface area contributed by atoms with Crippen LogP contribution in [0.2, 0.25) is 0 Å². The van der Waals surface area contributed by atoms with Crippen molar-refractivity contribution in [1.29, 1.82) is 0 Å². The molecule has 4 rings (SSSR count). The quantitative estimate of drug-likeness (QED) is 0.561. The molecule has 4 N–H and O–H groups in total. The van der Waals surface area contributed by atoms with Crippen molar-refractivity contribution < 1.29 is 22.4 Å². The second-order valence-corrected chi connectivity index (χ2v) is 7.06. The third-order valence-electron chi connectivity index (χ3n) is 5.12. The molecule has 3 aromatic rings. The van der Waals surface area contributed by atoms with Gasteiger partial charge >= 0.3 is 6.18 Å². The van der Waals surface area contributed by atoms with Gasteiger partial charge in [-0.15, -0.1) is 0 Å². The van der Waals surface area contributed by atoms with Gasteiger partial charge in [-0.2, -0.15) is 13.2 Å². The first-order valence-corrected chi connectivity index (χ1v) is 9.18. The van der Waals surface area contributed by atoms with Crippen molar-refractivity contribution in [3.05, 3.63) is 47.9 Å². The third-order valence-corrected chi connectivity index (χ3v) is 5.12. The van der Waals surface area contributed by atoms with E-state index in [1.54, 1.807) is 17.2 Å². The fourth-order valence-electron chi connectivity index (χ4n) is 3.55. The zero-order valence-electron chi connectivity index (χ0n) is 15.6. The van der Waals surface area contributed by atoms with Gasteiger partial charge in [0.05, 0.1) is 29.4 Å². The Labute approximate surface area is 168 Å². The summed E-state index contributed by atoms with van der Waals surface area (Å²) in [5.74, 6) is -0.409. The van der Waals surface area contributed by atoms with Gasteiger partial charge in [-0.1, -0.05) is 0 Å². The van der Waals surface area contributed by atoms with E-state index in [4.69, 9.17) is 5.73 Å². The van der Waals surface area contributed by atoms with E-state index in [1.165, 1.54) is 12.3 Å². The molecule has 7 nitrogen and oxygen atoms in total. The van der Waals surface area contributed by atoms with E-state index in [1.807, 2.05) is 0 Å². The molecule has 1 fully saturated rings. The maximum atomic E-state index is 14.9. The van der Waals surface area contributed by atoms with Crippen LogP contribution in [0.25, 0.3) is 11.0 Å². The van der Waals surface area contributed by atoms with Crippen LogP contribution in [-0.2, 0) is 6.18 Å². The number of H-pyrrole nitrogens is 1. The normalized spacial score (nSPS) is 19.8. The number of piperidine rings is 1. The fourth-order valence-corrected chi connectivity index (χ4v) is 3.55. The molecule has 0 spiro atoms. The standard InChI is InChI=1S/C19H18F4N6O/c20-13-9-29(15-2-1-10(7-26-15)19(21,22)23)6-4-14(13)28-16-11-3-5-25-18(11)27-8-12(16)17(24)30/h1-3,5,7-8,13-14H,4,6,9H2,(H2,24,30)(H2,25,27,28)/t13-,14?/m0/s1. The van der Waals surface area contributed by atoms with Crippen LogP contribution in [0.15, 0.2) is 36.8 Å². The van der Waals surface area contributed by atoms with Crippen molar-refractivity contribution in [3.8, 4) is 0 Å². The minimum absolute atomic E-state index is 0.0523. The second kappa shape index (κ2) is 7.47.